The molecular formula is C11H9FN2OS. The third kappa shape index (κ3) is 2.43. The minimum absolute atomic E-state index is 0.137. The summed E-state index contributed by atoms with van der Waals surface area (Å²) in [5, 5.41) is 2.54. The van der Waals surface area contributed by atoms with Crippen LogP contribution in [0.1, 0.15) is 5.69 Å². The van der Waals surface area contributed by atoms with Gasteiger partial charge in [0.05, 0.1) is 12.1 Å². The largest absolute Gasteiger partial charge is 0.369 e. The molecule has 0 aliphatic heterocycles. The predicted octanol–water partition coefficient (Wildman–Crippen LogP) is 1.98. The first-order chi connectivity index (χ1) is 7.65. The van der Waals surface area contributed by atoms with E-state index in [-0.39, 0.29) is 12.2 Å². The number of nitrogens with zero attached hydrogens (tertiary/aromatic N) is 1. The minimum atomic E-state index is -0.407. The van der Waals surface area contributed by atoms with Crippen LogP contribution in [0, 0.1) is 5.82 Å². The van der Waals surface area contributed by atoms with Crippen molar-refractivity contribution in [2.75, 3.05) is 0 Å². The Labute approximate surface area is 95.7 Å². The molecule has 0 saturated carbocycles. The average Bonchev–Trinajstić information content (AvgIpc) is 2.66. The number of benzene rings is 1. The molecule has 1 amide bonds. The lowest BCUT2D eigenvalue weighted by Crippen LogP contribution is -2.13. The number of hydrogen-bond acceptors (Lipinski definition) is 3. The number of hydrogen-bond donors (Lipinski definition) is 1. The SMILES string of the molecule is NC(=O)Cc1csc(-c2ccc(F)cc2)n1. The third-order valence-corrected chi connectivity index (χ3v) is 2.94. The third-order valence-electron chi connectivity index (χ3n) is 2.00. The van der Waals surface area contributed by atoms with Gasteiger partial charge in [0, 0.05) is 10.9 Å². The van der Waals surface area contributed by atoms with Crippen molar-refractivity contribution in [1.29, 1.82) is 0 Å². The Kier molecular flexibility index (Phi) is 2.96. The zero-order valence-corrected chi connectivity index (χ0v) is 9.13. The molecule has 0 aliphatic rings. The van der Waals surface area contributed by atoms with Gasteiger partial charge in [0.1, 0.15) is 10.8 Å². The summed E-state index contributed by atoms with van der Waals surface area (Å²) in [6.07, 6.45) is 0.137. The molecule has 0 fully saturated rings. The quantitative estimate of drug-likeness (QED) is 0.885. The van der Waals surface area contributed by atoms with Crippen LogP contribution in [0.15, 0.2) is 29.6 Å². The highest BCUT2D eigenvalue weighted by Gasteiger charge is 2.06. The van der Waals surface area contributed by atoms with Gasteiger partial charge < -0.3 is 5.73 Å². The summed E-state index contributed by atoms with van der Waals surface area (Å²) in [7, 11) is 0. The van der Waals surface area contributed by atoms with Crippen LogP contribution in [0.5, 0.6) is 0 Å². The van der Waals surface area contributed by atoms with Gasteiger partial charge >= 0.3 is 0 Å². The highest BCUT2D eigenvalue weighted by Crippen LogP contribution is 2.23. The van der Waals surface area contributed by atoms with Crippen molar-refractivity contribution in [3.8, 4) is 10.6 Å². The standard InChI is InChI=1S/C11H9FN2OS/c12-8-3-1-7(2-4-8)11-14-9(6-16-11)5-10(13)15/h1-4,6H,5H2,(H2,13,15). The van der Waals surface area contributed by atoms with Gasteiger partial charge in [-0.3, -0.25) is 4.79 Å². The van der Waals surface area contributed by atoms with Gasteiger partial charge in [-0.1, -0.05) is 0 Å². The van der Waals surface area contributed by atoms with Crippen LogP contribution >= 0.6 is 11.3 Å². The molecule has 0 radical (unpaired) electrons. The van der Waals surface area contributed by atoms with Crippen LogP contribution in [-0.2, 0) is 11.2 Å². The van der Waals surface area contributed by atoms with Crippen LogP contribution in [0.25, 0.3) is 10.6 Å². The van der Waals surface area contributed by atoms with Crippen molar-refractivity contribution >= 4 is 17.2 Å². The van der Waals surface area contributed by atoms with E-state index >= 15 is 0 Å². The zero-order valence-electron chi connectivity index (χ0n) is 8.31. The first kappa shape index (κ1) is 10.8. The van der Waals surface area contributed by atoms with Crippen molar-refractivity contribution in [3.63, 3.8) is 0 Å². The molecule has 2 N–H and O–H groups in total. The predicted molar refractivity (Wildman–Crippen MR) is 60.4 cm³/mol. The Bertz CT molecular complexity index is 507. The zero-order chi connectivity index (χ0) is 11.5. The number of primary amides is 1. The first-order valence-corrected chi connectivity index (χ1v) is 5.52. The summed E-state index contributed by atoms with van der Waals surface area (Å²) in [5.74, 6) is -0.686. The summed E-state index contributed by atoms with van der Waals surface area (Å²) >= 11 is 1.41. The Morgan fingerprint density at radius 1 is 1.38 bits per heavy atom. The van der Waals surface area contributed by atoms with E-state index < -0.39 is 5.91 Å². The van der Waals surface area contributed by atoms with Crippen molar-refractivity contribution in [1.82, 2.24) is 4.98 Å². The monoisotopic (exact) mass is 236 g/mol. The second-order valence-electron chi connectivity index (χ2n) is 3.29. The molecule has 0 aliphatic carbocycles. The number of thiazole rings is 1. The van der Waals surface area contributed by atoms with Gasteiger partial charge in [0.15, 0.2) is 0 Å². The molecule has 82 valence electrons. The average molecular weight is 236 g/mol. The maximum absolute atomic E-state index is 12.7. The first-order valence-electron chi connectivity index (χ1n) is 4.64. The van der Waals surface area contributed by atoms with Gasteiger partial charge in [-0.25, -0.2) is 9.37 Å². The number of carbonyl (C=O) groups excluding carboxylic acids is 1. The molecule has 0 saturated heterocycles. The molecule has 2 aromatic rings. The fourth-order valence-corrected chi connectivity index (χ4v) is 2.12. The van der Waals surface area contributed by atoms with Crippen LogP contribution in [0.4, 0.5) is 4.39 Å². The Morgan fingerprint density at radius 2 is 2.06 bits per heavy atom. The molecule has 16 heavy (non-hydrogen) atoms. The number of carbonyl (C=O) groups is 1. The normalized spacial score (nSPS) is 10.3. The van der Waals surface area contributed by atoms with Crippen molar-refractivity contribution < 1.29 is 9.18 Å². The van der Waals surface area contributed by atoms with Gasteiger partial charge in [-0.15, -0.1) is 11.3 Å². The van der Waals surface area contributed by atoms with E-state index in [9.17, 15) is 9.18 Å². The molecule has 3 nitrogen and oxygen atoms in total. The number of amides is 1. The van der Waals surface area contributed by atoms with Gasteiger partial charge in [0.2, 0.25) is 5.91 Å². The lowest BCUT2D eigenvalue weighted by atomic mass is 10.2. The summed E-state index contributed by atoms with van der Waals surface area (Å²) in [6, 6.07) is 6.07. The van der Waals surface area contributed by atoms with Gasteiger partial charge in [0.25, 0.3) is 0 Å². The summed E-state index contributed by atoms with van der Waals surface area (Å²) in [5.41, 5.74) is 6.55. The Hall–Kier alpha value is -1.75. The molecule has 5 heteroatoms. The number of rotatable bonds is 3. The van der Waals surface area contributed by atoms with Crippen LogP contribution < -0.4 is 5.73 Å². The molecule has 1 aromatic heterocycles. The van der Waals surface area contributed by atoms with Crippen molar-refractivity contribution in [2.45, 2.75) is 6.42 Å². The summed E-state index contributed by atoms with van der Waals surface area (Å²) in [6.45, 7) is 0. The second-order valence-corrected chi connectivity index (χ2v) is 4.15. The summed E-state index contributed by atoms with van der Waals surface area (Å²) in [4.78, 5) is 14.9. The van der Waals surface area contributed by atoms with Crippen LogP contribution in [-0.4, -0.2) is 10.9 Å². The molecule has 0 atom stereocenters. The second kappa shape index (κ2) is 4.40. The van der Waals surface area contributed by atoms with E-state index in [4.69, 9.17) is 5.73 Å². The van der Waals surface area contributed by atoms with E-state index in [0.717, 1.165) is 10.6 Å². The van der Waals surface area contributed by atoms with E-state index in [1.165, 1.54) is 23.5 Å². The Balaban J connectivity index is 2.24. The number of halogens is 1. The maximum atomic E-state index is 12.7. The van der Waals surface area contributed by atoms with E-state index in [2.05, 4.69) is 4.98 Å². The fraction of sp³-hybridized carbons (Fsp3) is 0.0909. The molecular weight excluding hydrogens is 227 g/mol. The minimum Gasteiger partial charge on any atom is -0.369 e. The number of nitrogens with two attached hydrogens (primary N) is 1. The molecule has 0 spiro atoms. The van der Waals surface area contributed by atoms with Gasteiger partial charge in [-0.2, -0.15) is 0 Å². The lowest BCUT2D eigenvalue weighted by Gasteiger charge is -1.95. The van der Waals surface area contributed by atoms with E-state index in [1.807, 2.05) is 0 Å². The molecule has 0 bridgehead atoms. The van der Waals surface area contributed by atoms with Gasteiger partial charge in [-0.05, 0) is 24.3 Å². The molecule has 1 heterocycles. The molecule has 0 unspecified atom stereocenters. The van der Waals surface area contributed by atoms with Crippen molar-refractivity contribution in [3.05, 3.63) is 41.2 Å². The van der Waals surface area contributed by atoms with Crippen LogP contribution in [0.2, 0.25) is 0 Å². The highest BCUT2D eigenvalue weighted by atomic mass is 32.1. The smallest absolute Gasteiger partial charge is 0.223 e. The number of aromatic nitrogens is 1. The molecule has 1 aromatic carbocycles. The fourth-order valence-electron chi connectivity index (χ4n) is 1.29. The summed E-state index contributed by atoms with van der Waals surface area (Å²) < 4.78 is 12.7. The van der Waals surface area contributed by atoms with Crippen LogP contribution in [0.3, 0.4) is 0 Å². The Morgan fingerprint density at radius 3 is 2.69 bits per heavy atom. The molecule has 2 rings (SSSR count). The maximum Gasteiger partial charge on any atom is 0.223 e. The highest BCUT2D eigenvalue weighted by molar-refractivity contribution is 7.13. The topological polar surface area (TPSA) is 56.0 Å². The van der Waals surface area contributed by atoms with E-state index in [1.54, 1.807) is 17.5 Å². The van der Waals surface area contributed by atoms with Crippen molar-refractivity contribution in [2.24, 2.45) is 5.73 Å². The van der Waals surface area contributed by atoms with E-state index in [0.29, 0.717) is 5.69 Å². The lowest BCUT2D eigenvalue weighted by molar-refractivity contribution is -0.117.